The third-order valence-corrected chi connectivity index (χ3v) is 6.16. The molecule has 0 aliphatic heterocycles. The zero-order valence-electron chi connectivity index (χ0n) is 17.7. The number of nitrogens with zero attached hydrogens (tertiary/aromatic N) is 2. The van der Waals surface area contributed by atoms with E-state index in [-0.39, 0.29) is 5.69 Å². The van der Waals surface area contributed by atoms with E-state index in [0.717, 1.165) is 29.6 Å². The fraction of sp³-hybridized carbons (Fsp3) is 0.273. The lowest BCUT2D eigenvalue weighted by atomic mass is 10.1. The van der Waals surface area contributed by atoms with Gasteiger partial charge in [0.25, 0.3) is 5.91 Å². The van der Waals surface area contributed by atoms with Crippen molar-refractivity contribution < 1.29 is 17.9 Å². The molecule has 3 aromatic rings. The van der Waals surface area contributed by atoms with Gasteiger partial charge in [-0.1, -0.05) is 42.5 Å². The minimum absolute atomic E-state index is 0.130. The van der Waals surface area contributed by atoms with Gasteiger partial charge in [-0.25, -0.2) is 18.1 Å². The maximum atomic E-state index is 12.3. The Bertz CT molecular complexity index is 1140. The fourth-order valence-corrected chi connectivity index (χ4v) is 4.45. The predicted octanol–water partition coefficient (Wildman–Crippen LogP) is 3.40. The summed E-state index contributed by atoms with van der Waals surface area (Å²) in [5.41, 5.74) is 2.37. The van der Waals surface area contributed by atoms with Gasteiger partial charge in [-0.2, -0.15) is 0 Å². The Hall–Kier alpha value is -2.91. The minimum Gasteiger partial charge on any atom is -0.497 e. The van der Waals surface area contributed by atoms with E-state index in [2.05, 4.69) is 9.88 Å². The van der Waals surface area contributed by atoms with Crippen LogP contribution < -0.4 is 14.4 Å². The molecule has 1 amide bonds. The van der Waals surface area contributed by atoms with Crippen molar-refractivity contribution in [2.45, 2.75) is 19.9 Å². The van der Waals surface area contributed by atoms with Crippen molar-refractivity contribution >= 4 is 32.4 Å². The van der Waals surface area contributed by atoms with Crippen LogP contribution in [-0.2, 0) is 23.0 Å². The summed E-state index contributed by atoms with van der Waals surface area (Å²) in [6, 6.07) is 17.9. The molecule has 31 heavy (non-hydrogen) atoms. The number of anilines is 1. The van der Waals surface area contributed by atoms with Gasteiger partial charge in [0.05, 0.1) is 13.4 Å². The molecule has 0 atom stereocenters. The molecule has 0 aliphatic rings. The molecule has 9 heteroatoms. The molecule has 1 aromatic heterocycles. The van der Waals surface area contributed by atoms with E-state index in [1.54, 1.807) is 14.0 Å². The zero-order chi connectivity index (χ0) is 22.4. The number of thiazole rings is 1. The summed E-state index contributed by atoms with van der Waals surface area (Å²) in [7, 11) is -2.02. The van der Waals surface area contributed by atoms with Crippen LogP contribution in [0.2, 0.25) is 0 Å². The number of sulfonamides is 1. The van der Waals surface area contributed by atoms with Crippen LogP contribution in [0.3, 0.4) is 0 Å². The first kappa shape index (κ1) is 22.8. The molecule has 0 aliphatic carbocycles. The summed E-state index contributed by atoms with van der Waals surface area (Å²) < 4.78 is 30.2. The Labute approximate surface area is 186 Å². The molecule has 0 radical (unpaired) electrons. The van der Waals surface area contributed by atoms with Gasteiger partial charge in [0.2, 0.25) is 10.0 Å². The largest absolute Gasteiger partial charge is 0.497 e. The normalized spacial score (nSPS) is 11.2. The summed E-state index contributed by atoms with van der Waals surface area (Å²) in [6.45, 7) is 3.05. The Morgan fingerprint density at radius 1 is 1.13 bits per heavy atom. The van der Waals surface area contributed by atoms with Crippen molar-refractivity contribution in [3.8, 4) is 5.75 Å². The standard InChI is InChI=1S/C22H25N3O4S2/c1-16-20(21(26)24-31(3,27)28)23-22(30-16)25(15-18-8-5-4-6-9-18)13-12-17-10-7-11-19(14-17)29-2/h4-11,14H,12-13,15H2,1-3H3,(H,24,26). The van der Waals surface area contributed by atoms with Crippen LogP contribution in [0, 0.1) is 6.92 Å². The SMILES string of the molecule is COc1cccc(CCN(Cc2ccccc2)c2nc(C(=O)NS(C)(=O)=O)c(C)s2)c1. The highest BCUT2D eigenvalue weighted by Crippen LogP contribution is 2.28. The first-order chi connectivity index (χ1) is 14.7. The molecular formula is C22H25N3O4S2. The molecule has 0 unspecified atom stereocenters. The van der Waals surface area contributed by atoms with E-state index in [0.29, 0.717) is 23.1 Å². The van der Waals surface area contributed by atoms with Crippen molar-refractivity contribution in [3.63, 3.8) is 0 Å². The van der Waals surface area contributed by atoms with E-state index in [1.807, 2.05) is 59.3 Å². The maximum Gasteiger partial charge on any atom is 0.284 e. The maximum absolute atomic E-state index is 12.3. The number of aromatic nitrogens is 1. The Kier molecular flexibility index (Phi) is 7.29. The number of benzene rings is 2. The second-order valence-electron chi connectivity index (χ2n) is 7.11. The molecule has 7 nitrogen and oxygen atoms in total. The highest BCUT2D eigenvalue weighted by atomic mass is 32.2. The van der Waals surface area contributed by atoms with Crippen molar-refractivity contribution in [2.75, 3.05) is 24.8 Å². The van der Waals surface area contributed by atoms with Crippen LogP contribution in [0.1, 0.15) is 26.5 Å². The van der Waals surface area contributed by atoms with E-state index in [9.17, 15) is 13.2 Å². The lowest BCUT2D eigenvalue weighted by molar-refractivity contribution is 0.0977. The number of rotatable bonds is 9. The lowest BCUT2D eigenvalue weighted by Crippen LogP contribution is -2.30. The van der Waals surface area contributed by atoms with Gasteiger partial charge in [0.1, 0.15) is 11.4 Å². The molecule has 164 valence electrons. The summed E-state index contributed by atoms with van der Waals surface area (Å²) in [4.78, 5) is 19.6. The number of hydrogen-bond acceptors (Lipinski definition) is 7. The van der Waals surface area contributed by atoms with Gasteiger partial charge in [0, 0.05) is 18.0 Å². The quantitative estimate of drug-likeness (QED) is 0.528. The molecular weight excluding hydrogens is 434 g/mol. The number of carbonyl (C=O) groups is 1. The van der Waals surface area contributed by atoms with Gasteiger partial charge in [-0.05, 0) is 36.6 Å². The predicted molar refractivity (Wildman–Crippen MR) is 123 cm³/mol. The minimum atomic E-state index is -3.66. The smallest absolute Gasteiger partial charge is 0.284 e. The zero-order valence-corrected chi connectivity index (χ0v) is 19.3. The first-order valence-electron chi connectivity index (χ1n) is 9.66. The summed E-state index contributed by atoms with van der Waals surface area (Å²) in [5.74, 6) is 0.0897. The average Bonchev–Trinajstić information content (AvgIpc) is 3.12. The van der Waals surface area contributed by atoms with Crippen LogP contribution >= 0.6 is 11.3 Å². The third kappa shape index (κ3) is 6.53. The molecule has 0 saturated heterocycles. The lowest BCUT2D eigenvalue weighted by Gasteiger charge is -2.22. The monoisotopic (exact) mass is 459 g/mol. The van der Waals surface area contributed by atoms with Crippen molar-refractivity contribution in [2.24, 2.45) is 0 Å². The van der Waals surface area contributed by atoms with Crippen LogP contribution in [-0.4, -0.2) is 39.2 Å². The molecule has 0 spiro atoms. The molecule has 1 heterocycles. The fourth-order valence-electron chi connectivity index (χ4n) is 3.08. The number of hydrogen-bond donors (Lipinski definition) is 1. The summed E-state index contributed by atoms with van der Waals surface area (Å²) >= 11 is 1.37. The van der Waals surface area contributed by atoms with E-state index in [4.69, 9.17) is 4.74 Å². The van der Waals surface area contributed by atoms with Crippen LogP contribution in [0.5, 0.6) is 5.75 Å². The molecule has 0 fully saturated rings. The number of ether oxygens (including phenoxy) is 1. The first-order valence-corrected chi connectivity index (χ1v) is 12.4. The van der Waals surface area contributed by atoms with Gasteiger partial charge >= 0.3 is 0 Å². The highest BCUT2D eigenvalue weighted by Gasteiger charge is 2.21. The van der Waals surface area contributed by atoms with Gasteiger partial charge in [-0.15, -0.1) is 11.3 Å². The van der Waals surface area contributed by atoms with Gasteiger partial charge < -0.3 is 9.64 Å². The second kappa shape index (κ2) is 9.93. The average molecular weight is 460 g/mol. The number of carbonyl (C=O) groups excluding carboxylic acids is 1. The second-order valence-corrected chi connectivity index (χ2v) is 10.0. The Balaban J connectivity index is 1.85. The van der Waals surface area contributed by atoms with Crippen molar-refractivity contribution in [1.29, 1.82) is 0 Å². The third-order valence-electron chi connectivity index (χ3n) is 4.57. The number of amides is 1. The molecule has 2 aromatic carbocycles. The molecule has 0 saturated carbocycles. The van der Waals surface area contributed by atoms with Crippen LogP contribution in [0.15, 0.2) is 54.6 Å². The van der Waals surface area contributed by atoms with E-state index < -0.39 is 15.9 Å². The van der Waals surface area contributed by atoms with Crippen LogP contribution in [0.4, 0.5) is 5.13 Å². The molecule has 1 N–H and O–H groups in total. The molecule has 3 rings (SSSR count). The van der Waals surface area contributed by atoms with Crippen molar-refractivity contribution in [3.05, 3.63) is 76.3 Å². The highest BCUT2D eigenvalue weighted by molar-refractivity contribution is 7.89. The van der Waals surface area contributed by atoms with Gasteiger partial charge in [0.15, 0.2) is 5.13 Å². The van der Waals surface area contributed by atoms with Crippen LogP contribution in [0.25, 0.3) is 0 Å². The number of methoxy groups -OCH3 is 1. The van der Waals surface area contributed by atoms with Gasteiger partial charge in [-0.3, -0.25) is 4.79 Å². The summed E-state index contributed by atoms with van der Waals surface area (Å²) in [6.07, 6.45) is 1.71. The Morgan fingerprint density at radius 2 is 1.84 bits per heavy atom. The number of nitrogens with one attached hydrogen (secondary N) is 1. The van der Waals surface area contributed by atoms with E-state index in [1.165, 1.54) is 11.3 Å². The summed E-state index contributed by atoms with van der Waals surface area (Å²) in [5, 5.41) is 0.669. The topological polar surface area (TPSA) is 88.6 Å². The Morgan fingerprint density at radius 3 is 2.52 bits per heavy atom. The number of aryl methyl sites for hydroxylation is 1. The van der Waals surface area contributed by atoms with Crippen molar-refractivity contribution in [1.82, 2.24) is 9.71 Å². The van der Waals surface area contributed by atoms with E-state index >= 15 is 0 Å². The molecule has 0 bridgehead atoms.